The summed E-state index contributed by atoms with van der Waals surface area (Å²) in [5.41, 5.74) is 0.792. The van der Waals surface area contributed by atoms with Crippen LogP contribution in [0.15, 0.2) is 40.9 Å². The maximum absolute atomic E-state index is 12.6. The van der Waals surface area contributed by atoms with Crippen LogP contribution in [0.2, 0.25) is 0 Å². The molecule has 1 heterocycles. The number of halogens is 1. The highest BCUT2D eigenvalue weighted by Crippen LogP contribution is 2.26. The van der Waals surface area contributed by atoms with E-state index in [2.05, 4.69) is 35.8 Å². The molecule has 1 amide bonds. The van der Waals surface area contributed by atoms with Gasteiger partial charge in [-0.1, -0.05) is 35.0 Å². The topological polar surface area (TPSA) is 20.3 Å². The molecule has 1 aliphatic heterocycles. The second kappa shape index (κ2) is 5.21. The monoisotopic (exact) mass is 331 g/mol. The van der Waals surface area contributed by atoms with Crippen molar-refractivity contribution in [3.63, 3.8) is 0 Å². The molecule has 0 spiro atoms. The highest BCUT2D eigenvalue weighted by Gasteiger charge is 2.30. The number of carbonyl (C=O) groups excluding carboxylic acids is 1. The molecule has 3 heteroatoms. The van der Waals surface area contributed by atoms with E-state index in [4.69, 9.17) is 0 Å². The van der Waals surface area contributed by atoms with E-state index in [1.54, 1.807) is 0 Å². The molecule has 1 fully saturated rings. The second-order valence-corrected chi connectivity index (χ2v) is 6.77. The minimum atomic E-state index is 0.159. The number of likely N-dealkylation sites (tertiary alicyclic amines) is 1. The smallest absolute Gasteiger partial charge is 0.254 e. The SMILES string of the molecule is CC1CC(C)N(C(=O)c2ccc3cc(Br)ccc3c2)C1. The first-order valence-electron chi connectivity index (χ1n) is 7.05. The summed E-state index contributed by atoms with van der Waals surface area (Å²) in [5.74, 6) is 0.761. The van der Waals surface area contributed by atoms with Crippen LogP contribution in [0.5, 0.6) is 0 Å². The predicted octanol–water partition coefficient (Wildman–Crippen LogP) is 4.47. The van der Waals surface area contributed by atoms with Gasteiger partial charge in [-0.05, 0) is 54.3 Å². The van der Waals surface area contributed by atoms with Crippen molar-refractivity contribution in [2.45, 2.75) is 26.3 Å². The Morgan fingerprint density at radius 2 is 1.85 bits per heavy atom. The summed E-state index contributed by atoms with van der Waals surface area (Å²) in [5, 5.41) is 2.26. The first-order valence-corrected chi connectivity index (χ1v) is 7.84. The normalized spacial score (nSPS) is 22.4. The van der Waals surface area contributed by atoms with Crippen molar-refractivity contribution in [2.24, 2.45) is 5.92 Å². The average molecular weight is 332 g/mol. The van der Waals surface area contributed by atoms with Crippen LogP contribution >= 0.6 is 15.9 Å². The van der Waals surface area contributed by atoms with Crippen molar-refractivity contribution in [1.82, 2.24) is 4.90 Å². The average Bonchev–Trinajstić information content (AvgIpc) is 2.76. The minimum Gasteiger partial charge on any atom is -0.336 e. The van der Waals surface area contributed by atoms with Crippen molar-refractivity contribution in [3.8, 4) is 0 Å². The van der Waals surface area contributed by atoms with E-state index in [0.29, 0.717) is 12.0 Å². The highest BCUT2D eigenvalue weighted by atomic mass is 79.9. The molecule has 0 saturated carbocycles. The summed E-state index contributed by atoms with van der Waals surface area (Å²) in [6, 6.07) is 12.4. The van der Waals surface area contributed by atoms with Gasteiger partial charge < -0.3 is 4.90 Å². The molecule has 20 heavy (non-hydrogen) atoms. The van der Waals surface area contributed by atoms with Gasteiger partial charge in [0.15, 0.2) is 0 Å². The molecule has 0 bridgehead atoms. The lowest BCUT2D eigenvalue weighted by molar-refractivity contribution is 0.0744. The van der Waals surface area contributed by atoms with Gasteiger partial charge in [-0.3, -0.25) is 4.79 Å². The van der Waals surface area contributed by atoms with E-state index in [-0.39, 0.29) is 5.91 Å². The fourth-order valence-corrected chi connectivity index (χ4v) is 3.48. The van der Waals surface area contributed by atoms with E-state index < -0.39 is 0 Å². The number of hydrogen-bond donors (Lipinski definition) is 0. The van der Waals surface area contributed by atoms with Gasteiger partial charge in [0.25, 0.3) is 5.91 Å². The molecule has 0 aromatic heterocycles. The van der Waals surface area contributed by atoms with Crippen LogP contribution in [0.25, 0.3) is 10.8 Å². The lowest BCUT2D eigenvalue weighted by Gasteiger charge is -2.21. The van der Waals surface area contributed by atoms with Gasteiger partial charge in [0, 0.05) is 22.6 Å². The Labute approximate surface area is 127 Å². The predicted molar refractivity (Wildman–Crippen MR) is 85.9 cm³/mol. The molecule has 2 aromatic rings. The molecule has 2 atom stereocenters. The summed E-state index contributed by atoms with van der Waals surface area (Å²) in [7, 11) is 0. The maximum Gasteiger partial charge on any atom is 0.254 e. The zero-order valence-corrected chi connectivity index (χ0v) is 13.4. The van der Waals surface area contributed by atoms with Gasteiger partial charge in [0.05, 0.1) is 0 Å². The Morgan fingerprint density at radius 1 is 1.15 bits per heavy atom. The van der Waals surface area contributed by atoms with Crippen LogP contribution in [0.4, 0.5) is 0 Å². The molecule has 2 unspecified atom stereocenters. The van der Waals surface area contributed by atoms with Gasteiger partial charge in [-0.25, -0.2) is 0 Å². The fourth-order valence-electron chi connectivity index (χ4n) is 3.10. The highest BCUT2D eigenvalue weighted by molar-refractivity contribution is 9.10. The minimum absolute atomic E-state index is 0.159. The van der Waals surface area contributed by atoms with Gasteiger partial charge >= 0.3 is 0 Å². The van der Waals surface area contributed by atoms with E-state index in [1.807, 2.05) is 35.2 Å². The number of fused-ring (bicyclic) bond motifs is 1. The lowest BCUT2D eigenvalue weighted by Crippen LogP contribution is -2.33. The molecule has 0 N–H and O–H groups in total. The maximum atomic E-state index is 12.6. The second-order valence-electron chi connectivity index (χ2n) is 5.85. The largest absolute Gasteiger partial charge is 0.336 e. The molecule has 1 aliphatic rings. The molecular weight excluding hydrogens is 314 g/mol. The Hall–Kier alpha value is -1.35. The van der Waals surface area contributed by atoms with Gasteiger partial charge in [0.2, 0.25) is 0 Å². The van der Waals surface area contributed by atoms with Crippen molar-refractivity contribution >= 4 is 32.6 Å². The molecule has 0 radical (unpaired) electrons. The first kappa shape index (κ1) is 13.6. The third-order valence-corrected chi connectivity index (χ3v) is 4.59. The zero-order chi connectivity index (χ0) is 14.3. The summed E-state index contributed by atoms with van der Waals surface area (Å²) in [6.45, 7) is 5.22. The van der Waals surface area contributed by atoms with Gasteiger partial charge in [0.1, 0.15) is 0 Å². The Morgan fingerprint density at radius 3 is 2.55 bits per heavy atom. The van der Waals surface area contributed by atoms with Gasteiger partial charge in [-0.2, -0.15) is 0 Å². The van der Waals surface area contributed by atoms with Crippen molar-refractivity contribution in [3.05, 3.63) is 46.4 Å². The molecule has 0 aliphatic carbocycles. The van der Waals surface area contributed by atoms with Crippen LogP contribution in [0.1, 0.15) is 30.6 Å². The molecule has 2 nitrogen and oxygen atoms in total. The van der Waals surface area contributed by atoms with Crippen LogP contribution in [0.3, 0.4) is 0 Å². The van der Waals surface area contributed by atoms with Crippen LogP contribution in [0, 0.1) is 5.92 Å². The molecular formula is C17H18BrNO. The quantitative estimate of drug-likeness (QED) is 0.754. The fraction of sp³-hybridized carbons (Fsp3) is 0.353. The van der Waals surface area contributed by atoms with Crippen molar-refractivity contribution in [1.29, 1.82) is 0 Å². The van der Waals surface area contributed by atoms with Crippen LogP contribution < -0.4 is 0 Å². The number of amides is 1. The molecule has 104 valence electrons. The molecule has 2 aromatic carbocycles. The molecule has 1 saturated heterocycles. The first-order chi connectivity index (χ1) is 9.54. The number of hydrogen-bond acceptors (Lipinski definition) is 1. The Bertz CT molecular complexity index is 667. The number of rotatable bonds is 1. The summed E-state index contributed by atoms with van der Waals surface area (Å²) in [4.78, 5) is 14.6. The summed E-state index contributed by atoms with van der Waals surface area (Å²) >= 11 is 3.47. The van der Waals surface area contributed by atoms with E-state index in [9.17, 15) is 4.79 Å². The van der Waals surface area contributed by atoms with Crippen molar-refractivity contribution < 1.29 is 4.79 Å². The van der Waals surface area contributed by atoms with Crippen molar-refractivity contribution in [2.75, 3.05) is 6.54 Å². The Balaban J connectivity index is 1.94. The number of benzene rings is 2. The zero-order valence-electron chi connectivity index (χ0n) is 11.8. The summed E-state index contributed by atoms with van der Waals surface area (Å²) in [6.07, 6.45) is 1.10. The van der Waals surface area contributed by atoms with Gasteiger partial charge in [-0.15, -0.1) is 0 Å². The van der Waals surface area contributed by atoms with E-state index in [1.165, 1.54) is 0 Å². The third-order valence-electron chi connectivity index (χ3n) is 4.09. The van der Waals surface area contributed by atoms with E-state index >= 15 is 0 Å². The summed E-state index contributed by atoms with van der Waals surface area (Å²) < 4.78 is 1.06. The standard InChI is InChI=1S/C17H18BrNO/c1-11-7-12(2)19(10-11)17(20)15-4-3-14-9-16(18)6-5-13(14)8-15/h3-6,8-9,11-12H,7,10H2,1-2H3. The lowest BCUT2D eigenvalue weighted by atomic mass is 10.1. The third kappa shape index (κ3) is 2.47. The van der Waals surface area contributed by atoms with Crippen LogP contribution in [-0.4, -0.2) is 23.4 Å². The number of nitrogens with zero attached hydrogens (tertiary/aromatic N) is 1. The molecule has 3 rings (SSSR count). The van der Waals surface area contributed by atoms with E-state index in [0.717, 1.165) is 33.8 Å². The number of carbonyl (C=O) groups is 1. The Kier molecular flexibility index (Phi) is 3.55. The van der Waals surface area contributed by atoms with Crippen LogP contribution in [-0.2, 0) is 0 Å².